The van der Waals surface area contributed by atoms with Crippen molar-refractivity contribution in [3.63, 3.8) is 0 Å². The van der Waals surface area contributed by atoms with Crippen molar-refractivity contribution in [1.82, 2.24) is 0 Å². The molecular formula is C26H34O9. The summed E-state index contributed by atoms with van der Waals surface area (Å²) in [5, 5.41) is 43.6. The molecule has 192 valence electrons. The molecular weight excluding hydrogens is 456 g/mol. The molecule has 1 unspecified atom stereocenters. The summed E-state index contributed by atoms with van der Waals surface area (Å²) in [6.07, 6.45) is 0.813. The van der Waals surface area contributed by atoms with Crippen LogP contribution in [0.25, 0.3) is 0 Å². The van der Waals surface area contributed by atoms with Gasteiger partial charge in [-0.3, -0.25) is 9.59 Å². The Balaban J connectivity index is 2.92. The van der Waals surface area contributed by atoms with Crippen LogP contribution in [0.2, 0.25) is 0 Å². The number of hydrogen-bond donors (Lipinski definition) is 4. The number of rotatable bonds is 11. The van der Waals surface area contributed by atoms with Crippen molar-refractivity contribution in [1.29, 1.82) is 0 Å². The van der Waals surface area contributed by atoms with Gasteiger partial charge in [0.2, 0.25) is 5.75 Å². The van der Waals surface area contributed by atoms with Crippen LogP contribution in [0.5, 0.6) is 40.2 Å². The van der Waals surface area contributed by atoms with Gasteiger partial charge in [0.25, 0.3) is 0 Å². The Bertz CT molecular complexity index is 1140. The van der Waals surface area contributed by atoms with Crippen LogP contribution in [-0.4, -0.2) is 53.3 Å². The fraction of sp³-hybridized carbons (Fsp3) is 0.462. The Morgan fingerprint density at radius 2 is 1.34 bits per heavy atom. The van der Waals surface area contributed by atoms with E-state index in [0.717, 1.165) is 0 Å². The normalized spacial score (nSPS) is 11.7. The van der Waals surface area contributed by atoms with E-state index in [4.69, 9.17) is 14.2 Å². The second kappa shape index (κ2) is 11.2. The van der Waals surface area contributed by atoms with Crippen LogP contribution in [0.4, 0.5) is 0 Å². The van der Waals surface area contributed by atoms with E-state index >= 15 is 0 Å². The quantitative estimate of drug-likeness (QED) is 0.331. The summed E-state index contributed by atoms with van der Waals surface area (Å²) in [6.45, 7) is 6.86. The van der Waals surface area contributed by atoms with E-state index in [9.17, 15) is 30.0 Å². The molecule has 35 heavy (non-hydrogen) atoms. The zero-order valence-corrected chi connectivity index (χ0v) is 21.2. The molecule has 0 aromatic heterocycles. The monoisotopic (exact) mass is 490 g/mol. The molecule has 0 aliphatic rings. The number of carbonyl (C=O) groups is 2. The van der Waals surface area contributed by atoms with Gasteiger partial charge >= 0.3 is 0 Å². The molecule has 0 amide bonds. The van der Waals surface area contributed by atoms with Crippen molar-refractivity contribution >= 4 is 11.6 Å². The lowest BCUT2D eigenvalue weighted by atomic mass is 9.89. The third kappa shape index (κ3) is 4.80. The van der Waals surface area contributed by atoms with E-state index < -0.39 is 28.9 Å². The number of Topliss-reactive ketones (excluding diaryl/α,β-unsaturated/α-hetero) is 2. The molecule has 9 heteroatoms. The Kier molecular flexibility index (Phi) is 8.84. The highest BCUT2D eigenvalue weighted by atomic mass is 16.5. The van der Waals surface area contributed by atoms with E-state index in [2.05, 4.69) is 0 Å². The highest BCUT2D eigenvalue weighted by molar-refractivity contribution is 6.05. The molecule has 2 aromatic rings. The van der Waals surface area contributed by atoms with Gasteiger partial charge in [0.05, 0.1) is 21.3 Å². The van der Waals surface area contributed by atoms with Gasteiger partial charge < -0.3 is 34.6 Å². The molecule has 0 aliphatic carbocycles. The van der Waals surface area contributed by atoms with Crippen LogP contribution in [-0.2, 0) is 6.42 Å². The maximum Gasteiger partial charge on any atom is 0.204 e. The lowest BCUT2D eigenvalue weighted by molar-refractivity contribution is 0.0919. The standard InChI is InChI=1S/C26H34O9/c1-8-10-16(27)17-21(30)14(20(29)13(4)24(17)33-5)11-15-22(31)26(35-7)23(32)18(25(15)34-6)19(28)12(3)9-2/h12,29-32H,8-11H2,1-7H3. The van der Waals surface area contributed by atoms with Crippen LogP contribution in [0, 0.1) is 12.8 Å². The van der Waals surface area contributed by atoms with Gasteiger partial charge in [-0.15, -0.1) is 0 Å². The van der Waals surface area contributed by atoms with E-state index in [1.165, 1.54) is 28.3 Å². The molecule has 1 atom stereocenters. The second-order valence-corrected chi connectivity index (χ2v) is 8.35. The summed E-state index contributed by atoms with van der Waals surface area (Å²) < 4.78 is 15.9. The average Bonchev–Trinajstić information content (AvgIpc) is 2.83. The van der Waals surface area contributed by atoms with Crippen molar-refractivity contribution in [2.45, 2.75) is 53.4 Å². The zero-order chi connectivity index (χ0) is 26.6. The van der Waals surface area contributed by atoms with Gasteiger partial charge in [-0.25, -0.2) is 0 Å². The number of ether oxygens (including phenoxy) is 3. The third-order valence-corrected chi connectivity index (χ3v) is 6.21. The molecule has 0 aliphatic heterocycles. The first-order chi connectivity index (χ1) is 16.5. The fourth-order valence-corrected chi connectivity index (χ4v) is 4.07. The molecule has 0 heterocycles. The molecule has 0 spiro atoms. The van der Waals surface area contributed by atoms with Gasteiger partial charge in [-0.1, -0.05) is 20.8 Å². The average molecular weight is 491 g/mol. The number of ketones is 2. The number of hydrogen-bond acceptors (Lipinski definition) is 9. The summed E-state index contributed by atoms with van der Waals surface area (Å²) in [6, 6.07) is 0. The highest BCUT2D eigenvalue weighted by Crippen LogP contribution is 2.51. The summed E-state index contributed by atoms with van der Waals surface area (Å²) in [7, 11) is 3.82. The third-order valence-electron chi connectivity index (χ3n) is 6.21. The Labute approximate surface area is 204 Å². The Hall–Kier alpha value is -3.62. The number of methoxy groups -OCH3 is 3. The molecule has 0 bridgehead atoms. The minimum Gasteiger partial charge on any atom is -0.507 e. The van der Waals surface area contributed by atoms with Gasteiger partial charge in [-0.2, -0.15) is 0 Å². The van der Waals surface area contributed by atoms with Gasteiger partial charge in [-0.05, 0) is 19.8 Å². The molecule has 2 aromatic carbocycles. The SMILES string of the molecule is CCCC(=O)c1c(O)c(Cc2c(O)c(OC)c(O)c(C(=O)C(C)CC)c2OC)c(O)c(C)c1OC. The number of phenols is 4. The molecule has 0 radical (unpaired) electrons. The Morgan fingerprint density at radius 1 is 0.771 bits per heavy atom. The first-order valence-electron chi connectivity index (χ1n) is 11.4. The van der Waals surface area contributed by atoms with Crippen molar-refractivity contribution in [3.8, 4) is 40.2 Å². The number of aromatic hydroxyl groups is 4. The summed E-state index contributed by atoms with van der Waals surface area (Å²) >= 11 is 0. The lowest BCUT2D eigenvalue weighted by Crippen LogP contribution is -2.14. The van der Waals surface area contributed by atoms with E-state index in [0.29, 0.717) is 12.8 Å². The number of benzene rings is 2. The van der Waals surface area contributed by atoms with Crippen LogP contribution in [0.1, 0.15) is 77.4 Å². The Morgan fingerprint density at radius 3 is 1.83 bits per heavy atom. The number of phenolic OH excluding ortho intramolecular Hbond substituents is 4. The van der Waals surface area contributed by atoms with E-state index in [1.54, 1.807) is 6.92 Å². The van der Waals surface area contributed by atoms with Gasteiger partial charge in [0, 0.05) is 35.4 Å². The van der Waals surface area contributed by atoms with Crippen LogP contribution in [0.3, 0.4) is 0 Å². The van der Waals surface area contributed by atoms with Crippen molar-refractivity contribution in [3.05, 3.63) is 27.8 Å². The van der Waals surface area contributed by atoms with Gasteiger partial charge in [0.1, 0.15) is 34.1 Å². The van der Waals surface area contributed by atoms with Crippen molar-refractivity contribution in [2.75, 3.05) is 21.3 Å². The van der Waals surface area contributed by atoms with Crippen molar-refractivity contribution in [2.24, 2.45) is 5.92 Å². The minimum atomic E-state index is -0.575. The topological polar surface area (TPSA) is 143 Å². The smallest absolute Gasteiger partial charge is 0.204 e. The van der Waals surface area contributed by atoms with E-state index in [-0.39, 0.29) is 69.4 Å². The van der Waals surface area contributed by atoms with Crippen molar-refractivity contribution < 1.29 is 44.2 Å². The maximum atomic E-state index is 13.1. The summed E-state index contributed by atoms with van der Waals surface area (Å²) in [5.41, 5.74) is -0.137. The highest BCUT2D eigenvalue weighted by Gasteiger charge is 2.33. The van der Waals surface area contributed by atoms with E-state index in [1.807, 2.05) is 13.8 Å². The second-order valence-electron chi connectivity index (χ2n) is 8.35. The largest absolute Gasteiger partial charge is 0.507 e. The maximum absolute atomic E-state index is 13.1. The predicted octanol–water partition coefficient (Wildman–Crippen LogP) is 4.65. The van der Waals surface area contributed by atoms with Crippen LogP contribution in [0.15, 0.2) is 0 Å². The lowest BCUT2D eigenvalue weighted by Gasteiger charge is -2.22. The summed E-state index contributed by atoms with van der Waals surface area (Å²) in [5.74, 6) is -3.67. The van der Waals surface area contributed by atoms with Crippen LogP contribution < -0.4 is 14.2 Å². The zero-order valence-electron chi connectivity index (χ0n) is 21.2. The molecule has 2 rings (SSSR count). The molecule has 9 nitrogen and oxygen atoms in total. The summed E-state index contributed by atoms with van der Waals surface area (Å²) in [4.78, 5) is 25.9. The fourth-order valence-electron chi connectivity index (χ4n) is 4.07. The molecule has 0 fully saturated rings. The number of carbonyl (C=O) groups excluding carboxylic acids is 2. The predicted molar refractivity (Wildman–Crippen MR) is 130 cm³/mol. The van der Waals surface area contributed by atoms with Crippen LogP contribution >= 0.6 is 0 Å². The molecule has 0 saturated heterocycles. The first-order valence-corrected chi connectivity index (χ1v) is 11.4. The molecule has 4 N–H and O–H groups in total. The first kappa shape index (κ1) is 27.6. The minimum absolute atomic E-state index is 0.0159. The van der Waals surface area contributed by atoms with Gasteiger partial charge in [0.15, 0.2) is 23.1 Å². The molecule has 0 saturated carbocycles.